The highest BCUT2D eigenvalue weighted by molar-refractivity contribution is 5.13. The van der Waals surface area contributed by atoms with Crippen LogP contribution in [0.2, 0.25) is 0 Å². The molecule has 0 spiro atoms. The second-order valence-electron chi connectivity index (χ2n) is 4.05. The van der Waals surface area contributed by atoms with Crippen molar-refractivity contribution in [1.82, 2.24) is 15.0 Å². The minimum absolute atomic E-state index is 0.403. The van der Waals surface area contributed by atoms with Crippen molar-refractivity contribution in [3.8, 4) is 0 Å². The maximum absolute atomic E-state index is 5.64. The Morgan fingerprint density at radius 2 is 2.19 bits per heavy atom. The molecule has 1 aromatic rings. The molecule has 16 heavy (non-hydrogen) atoms. The Labute approximate surface area is 97.0 Å². The Hall–Kier alpha value is -0.940. The minimum atomic E-state index is 0.403. The molecule has 1 heterocycles. The van der Waals surface area contributed by atoms with Gasteiger partial charge in [0.2, 0.25) is 0 Å². The first-order valence-electron chi connectivity index (χ1n) is 5.90. The topological polar surface area (TPSA) is 66.0 Å². The Balaban J connectivity index is 2.61. The summed E-state index contributed by atoms with van der Waals surface area (Å²) in [6.07, 6.45) is 0.959. The normalized spacial score (nSPS) is 11.3. The van der Waals surface area contributed by atoms with E-state index >= 15 is 0 Å². The molecule has 2 N–H and O–H groups in total. The Morgan fingerprint density at radius 3 is 2.75 bits per heavy atom. The Kier molecular flexibility index (Phi) is 5.42. The quantitative estimate of drug-likeness (QED) is 0.711. The van der Waals surface area contributed by atoms with Crippen LogP contribution in [0.5, 0.6) is 0 Å². The van der Waals surface area contributed by atoms with Crippen LogP contribution in [-0.4, -0.2) is 28.2 Å². The number of hydrogen-bond acceptors (Lipinski definition) is 4. The molecule has 1 rings (SSSR count). The molecule has 0 unspecified atom stereocenters. The summed E-state index contributed by atoms with van der Waals surface area (Å²) in [5.74, 6) is 0.403. The van der Waals surface area contributed by atoms with Gasteiger partial charge in [-0.25, -0.2) is 4.68 Å². The average molecular weight is 226 g/mol. The third-order valence-electron chi connectivity index (χ3n) is 2.45. The molecule has 0 atom stereocenters. The summed E-state index contributed by atoms with van der Waals surface area (Å²) in [6, 6.07) is 0. The molecule has 0 saturated heterocycles. The van der Waals surface area contributed by atoms with Crippen LogP contribution in [-0.2, 0) is 17.8 Å². The molecule has 0 saturated carbocycles. The van der Waals surface area contributed by atoms with Gasteiger partial charge in [-0.3, -0.25) is 0 Å². The van der Waals surface area contributed by atoms with E-state index in [1.165, 1.54) is 0 Å². The number of rotatable bonds is 7. The fraction of sp³-hybridized carbons (Fsp3) is 0.818. The molecule has 0 radical (unpaired) electrons. The SMILES string of the molecule is CCOCCCn1nnc(CN)c1C(C)C. The number of aromatic nitrogens is 3. The summed E-state index contributed by atoms with van der Waals surface area (Å²) in [6.45, 7) is 9.11. The lowest BCUT2D eigenvalue weighted by Gasteiger charge is -2.10. The molecule has 0 fully saturated rings. The smallest absolute Gasteiger partial charge is 0.0997 e. The lowest BCUT2D eigenvalue weighted by molar-refractivity contribution is 0.140. The van der Waals surface area contributed by atoms with Crippen LogP contribution in [0.25, 0.3) is 0 Å². The van der Waals surface area contributed by atoms with Gasteiger partial charge >= 0.3 is 0 Å². The van der Waals surface area contributed by atoms with E-state index < -0.39 is 0 Å². The molecule has 0 aromatic carbocycles. The molecule has 1 aromatic heterocycles. The highest BCUT2D eigenvalue weighted by Gasteiger charge is 2.14. The maximum Gasteiger partial charge on any atom is 0.0997 e. The van der Waals surface area contributed by atoms with Crippen LogP contribution in [0.4, 0.5) is 0 Å². The highest BCUT2D eigenvalue weighted by atomic mass is 16.5. The van der Waals surface area contributed by atoms with Crippen LogP contribution >= 0.6 is 0 Å². The number of hydrogen-bond donors (Lipinski definition) is 1. The summed E-state index contributed by atoms with van der Waals surface area (Å²) in [4.78, 5) is 0. The van der Waals surface area contributed by atoms with Gasteiger partial charge in [-0.05, 0) is 19.3 Å². The molecule has 0 bridgehead atoms. The van der Waals surface area contributed by atoms with Crippen LogP contribution in [0.15, 0.2) is 0 Å². The Bertz CT molecular complexity index is 309. The van der Waals surface area contributed by atoms with Gasteiger partial charge in [-0.15, -0.1) is 5.10 Å². The number of ether oxygens (including phenoxy) is 1. The van der Waals surface area contributed by atoms with Crippen LogP contribution < -0.4 is 5.73 Å². The highest BCUT2D eigenvalue weighted by Crippen LogP contribution is 2.17. The average Bonchev–Trinajstić information content (AvgIpc) is 2.67. The minimum Gasteiger partial charge on any atom is -0.382 e. The third kappa shape index (κ3) is 3.28. The van der Waals surface area contributed by atoms with Gasteiger partial charge in [0.15, 0.2) is 0 Å². The zero-order valence-corrected chi connectivity index (χ0v) is 10.4. The van der Waals surface area contributed by atoms with Crippen LogP contribution in [0, 0.1) is 0 Å². The molecule has 0 aliphatic carbocycles. The zero-order valence-electron chi connectivity index (χ0n) is 10.4. The molecular weight excluding hydrogens is 204 g/mol. The predicted molar refractivity (Wildman–Crippen MR) is 63.1 cm³/mol. The van der Waals surface area contributed by atoms with Gasteiger partial charge in [-0.2, -0.15) is 0 Å². The standard InChI is InChI=1S/C11H22N4O/c1-4-16-7-5-6-15-11(9(2)3)10(8-12)13-14-15/h9H,4-8,12H2,1-3H3. The van der Waals surface area contributed by atoms with Crippen molar-refractivity contribution in [1.29, 1.82) is 0 Å². The van der Waals surface area contributed by atoms with Gasteiger partial charge < -0.3 is 10.5 Å². The number of nitrogens with zero attached hydrogens (tertiary/aromatic N) is 3. The number of aryl methyl sites for hydroxylation is 1. The second-order valence-corrected chi connectivity index (χ2v) is 4.05. The van der Waals surface area contributed by atoms with Crippen molar-refractivity contribution in [2.45, 2.75) is 46.2 Å². The van der Waals surface area contributed by atoms with Gasteiger partial charge in [0.25, 0.3) is 0 Å². The van der Waals surface area contributed by atoms with Gasteiger partial charge in [0.1, 0.15) is 0 Å². The molecule has 92 valence electrons. The van der Waals surface area contributed by atoms with Crippen LogP contribution in [0.3, 0.4) is 0 Å². The second kappa shape index (κ2) is 6.60. The molecule has 5 heteroatoms. The summed E-state index contributed by atoms with van der Waals surface area (Å²) < 4.78 is 7.25. The molecule has 0 amide bonds. The summed E-state index contributed by atoms with van der Waals surface area (Å²) in [5, 5.41) is 8.24. The van der Waals surface area contributed by atoms with E-state index in [0.717, 1.165) is 37.6 Å². The van der Waals surface area contributed by atoms with E-state index in [4.69, 9.17) is 10.5 Å². The summed E-state index contributed by atoms with van der Waals surface area (Å²) in [5.41, 5.74) is 7.70. The van der Waals surface area contributed by atoms with Crippen molar-refractivity contribution in [2.75, 3.05) is 13.2 Å². The van der Waals surface area contributed by atoms with Crippen molar-refractivity contribution in [2.24, 2.45) is 5.73 Å². The Morgan fingerprint density at radius 1 is 1.44 bits per heavy atom. The lowest BCUT2D eigenvalue weighted by Crippen LogP contribution is -2.11. The molecular formula is C11H22N4O. The van der Waals surface area contributed by atoms with E-state index in [-0.39, 0.29) is 0 Å². The van der Waals surface area contributed by atoms with E-state index in [9.17, 15) is 0 Å². The first-order chi connectivity index (χ1) is 7.70. The van der Waals surface area contributed by atoms with Crippen molar-refractivity contribution in [3.63, 3.8) is 0 Å². The monoisotopic (exact) mass is 226 g/mol. The van der Waals surface area contributed by atoms with Crippen LogP contribution in [0.1, 0.15) is 44.5 Å². The van der Waals surface area contributed by atoms with E-state index in [0.29, 0.717) is 12.5 Å². The van der Waals surface area contributed by atoms with Crippen molar-refractivity contribution >= 4 is 0 Å². The molecule has 5 nitrogen and oxygen atoms in total. The number of nitrogens with two attached hydrogens (primary N) is 1. The van der Waals surface area contributed by atoms with Gasteiger partial charge in [0, 0.05) is 26.3 Å². The van der Waals surface area contributed by atoms with Gasteiger partial charge in [0.05, 0.1) is 11.4 Å². The fourth-order valence-corrected chi connectivity index (χ4v) is 1.76. The van der Waals surface area contributed by atoms with Crippen molar-refractivity contribution in [3.05, 3.63) is 11.4 Å². The van der Waals surface area contributed by atoms with Crippen molar-refractivity contribution < 1.29 is 4.74 Å². The summed E-state index contributed by atoms with van der Waals surface area (Å²) in [7, 11) is 0. The molecule has 0 aliphatic heterocycles. The van der Waals surface area contributed by atoms with Gasteiger partial charge in [-0.1, -0.05) is 19.1 Å². The van der Waals surface area contributed by atoms with E-state index in [1.807, 2.05) is 11.6 Å². The maximum atomic E-state index is 5.64. The lowest BCUT2D eigenvalue weighted by atomic mass is 10.1. The zero-order chi connectivity index (χ0) is 12.0. The first kappa shape index (κ1) is 13.1. The van der Waals surface area contributed by atoms with E-state index in [2.05, 4.69) is 24.2 Å². The largest absolute Gasteiger partial charge is 0.382 e. The van der Waals surface area contributed by atoms with E-state index in [1.54, 1.807) is 0 Å². The fourth-order valence-electron chi connectivity index (χ4n) is 1.76. The summed E-state index contributed by atoms with van der Waals surface area (Å²) >= 11 is 0. The third-order valence-corrected chi connectivity index (χ3v) is 2.45. The first-order valence-corrected chi connectivity index (χ1v) is 5.90. The predicted octanol–water partition coefficient (Wildman–Crippen LogP) is 1.29. The molecule has 0 aliphatic rings.